The number of amides is 1. The summed E-state index contributed by atoms with van der Waals surface area (Å²) in [5, 5.41) is 0. The van der Waals surface area contributed by atoms with Crippen molar-refractivity contribution in [2.45, 2.75) is 19.4 Å². The van der Waals surface area contributed by atoms with Crippen molar-refractivity contribution in [3.8, 4) is 0 Å². The van der Waals surface area contributed by atoms with Crippen LogP contribution >= 0.6 is 11.8 Å². The van der Waals surface area contributed by atoms with E-state index in [1.54, 1.807) is 25.7 Å². The van der Waals surface area contributed by atoms with Crippen molar-refractivity contribution in [1.29, 1.82) is 0 Å². The minimum Gasteiger partial charge on any atom is -0.459 e. The highest BCUT2D eigenvalue weighted by Crippen LogP contribution is 2.21. The van der Waals surface area contributed by atoms with Crippen LogP contribution in [-0.2, 0) is 14.3 Å². The maximum absolute atomic E-state index is 11.5. The molecule has 1 atom stereocenters. The second kappa shape index (κ2) is 5.24. The van der Waals surface area contributed by atoms with Crippen LogP contribution in [-0.4, -0.2) is 48.0 Å². The minimum atomic E-state index is -0.744. The first-order valence-corrected chi connectivity index (χ1v) is 5.84. The number of hydrogen-bond donors (Lipinski definition) is 0. The lowest BCUT2D eigenvalue weighted by Gasteiger charge is -2.22. The Balaban J connectivity index is 2.46. The van der Waals surface area contributed by atoms with Crippen molar-refractivity contribution in [2.24, 2.45) is 0 Å². The van der Waals surface area contributed by atoms with Crippen LogP contribution < -0.4 is 0 Å². The second-order valence-corrected chi connectivity index (χ2v) is 4.30. The SMILES string of the molecule is CCOC(=O)C(=O)N(C)C1CCSC1. The highest BCUT2D eigenvalue weighted by atomic mass is 32.2. The maximum Gasteiger partial charge on any atom is 0.397 e. The fourth-order valence-corrected chi connectivity index (χ4v) is 2.60. The summed E-state index contributed by atoms with van der Waals surface area (Å²) in [4.78, 5) is 24.1. The molecule has 0 spiro atoms. The van der Waals surface area contributed by atoms with Gasteiger partial charge in [0.1, 0.15) is 0 Å². The smallest absolute Gasteiger partial charge is 0.397 e. The lowest BCUT2D eigenvalue weighted by molar-refractivity contribution is -0.160. The quantitative estimate of drug-likeness (QED) is 0.499. The molecule has 0 saturated carbocycles. The molecule has 0 aliphatic carbocycles. The normalized spacial score (nSPS) is 20.6. The number of ether oxygens (including phenoxy) is 1. The van der Waals surface area contributed by atoms with E-state index in [9.17, 15) is 9.59 Å². The first-order valence-electron chi connectivity index (χ1n) is 4.68. The van der Waals surface area contributed by atoms with Crippen molar-refractivity contribution >= 4 is 23.6 Å². The van der Waals surface area contributed by atoms with Crippen LogP contribution in [0.4, 0.5) is 0 Å². The molecule has 0 bridgehead atoms. The zero-order valence-corrected chi connectivity index (χ0v) is 9.30. The third kappa shape index (κ3) is 2.64. The third-order valence-electron chi connectivity index (χ3n) is 2.22. The van der Waals surface area contributed by atoms with E-state index in [4.69, 9.17) is 0 Å². The maximum atomic E-state index is 11.5. The van der Waals surface area contributed by atoms with Gasteiger partial charge in [0.2, 0.25) is 0 Å². The Hall–Kier alpha value is -0.710. The fraction of sp³-hybridized carbons (Fsp3) is 0.778. The Kier molecular flexibility index (Phi) is 4.25. The second-order valence-electron chi connectivity index (χ2n) is 3.15. The summed E-state index contributed by atoms with van der Waals surface area (Å²) >= 11 is 1.81. The topological polar surface area (TPSA) is 46.6 Å². The molecule has 0 aromatic heterocycles. The molecular formula is C9H15NO3S. The van der Waals surface area contributed by atoms with Gasteiger partial charge in [0.15, 0.2) is 0 Å². The zero-order chi connectivity index (χ0) is 10.6. The van der Waals surface area contributed by atoms with Crippen LogP contribution in [0.5, 0.6) is 0 Å². The molecule has 1 heterocycles. The van der Waals surface area contributed by atoms with E-state index < -0.39 is 11.9 Å². The van der Waals surface area contributed by atoms with Crippen LogP contribution in [0.2, 0.25) is 0 Å². The van der Waals surface area contributed by atoms with E-state index in [1.807, 2.05) is 0 Å². The predicted molar refractivity (Wildman–Crippen MR) is 55.1 cm³/mol. The molecule has 1 rings (SSSR count). The van der Waals surface area contributed by atoms with E-state index in [-0.39, 0.29) is 12.6 Å². The average molecular weight is 217 g/mol. The highest BCUT2D eigenvalue weighted by molar-refractivity contribution is 7.99. The molecule has 1 aliphatic heterocycles. The van der Waals surface area contributed by atoms with Gasteiger partial charge in [0, 0.05) is 18.8 Å². The molecule has 0 radical (unpaired) electrons. The summed E-state index contributed by atoms with van der Waals surface area (Å²) in [6.07, 6.45) is 0.965. The standard InChI is InChI=1S/C9H15NO3S/c1-3-13-9(12)8(11)10(2)7-4-5-14-6-7/h7H,3-6H2,1-2H3. The fourth-order valence-electron chi connectivity index (χ4n) is 1.33. The molecule has 1 amide bonds. The van der Waals surface area contributed by atoms with E-state index in [1.165, 1.54) is 4.90 Å². The van der Waals surface area contributed by atoms with Crippen molar-refractivity contribution in [2.75, 3.05) is 25.2 Å². The largest absolute Gasteiger partial charge is 0.459 e. The van der Waals surface area contributed by atoms with Gasteiger partial charge in [-0.25, -0.2) is 4.79 Å². The number of likely N-dealkylation sites (N-methyl/N-ethyl adjacent to an activating group) is 1. The summed E-state index contributed by atoms with van der Waals surface area (Å²) in [5.41, 5.74) is 0. The summed E-state index contributed by atoms with van der Waals surface area (Å²) in [7, 11) is 1.66. The first-order chi connectivity index (χ1) is 6.66. The number of nitrogens with zero attached hydrogens (tertiary/aromatic N) is 1. The molecule has 1 fully saturated rings. The number of carbonyl (C=O) groups excluding carboxylic acids is 2. The van der Waals surface area contributed by atoms with E-state index in [0.717, 1.165) is 17.9 Å². The minimum absolute atomic E-state index is 0.192. The molecule has 1 saturated heterocycles. The van der Waals surface area contributed by atoms with Gasteiger partial charge in [-0.15, -0.1) is 0 Å². The van der Waals surface area contributed by atoms with Crippen LogP contribution in [0.1, 0.15) is 13.3 Å². The Bertz CT molecular complexity index is 226. The average Bonchev–Trinajstić information content (AvgIpc) is 2.68. The van der Waals surface area contributed by atoms with Crippen LogP contribution in [0.25, 0.3) is 0 Å². The monoisotopic (exact) mass is 217 g/mol. The Morgan fingerprint density at radius 2 is 2.29 bits per heavy atom. The molecule has 0 aromatic rings. The molecule has 14 heavy (non-hydrogen) atoms. The molecule has 1 unspecified atom stereocenters. The summed E-state index contributed by atoms with van der Waals surface area (Å²) < 4.78 is 4.65. The molecule has 0 aromatic carbocycles. The van der Waals surface area contributed by atoms with Gasteiger partial charge in [0.25, 0.3) is 0 Å². The summed E-state index contributed by atoms with van der Waals surface area (Å²) in [6.45, 7) is 1.94. The Morgan fingerprint density at radius 3 is 2.79 bits per heavy atom. The van der Waals surface area contributed by atoms with Gasteiger partial charge in [-0.3, -0.25) is 4.79 Å². The lowest BCUT2D eigenvalue weighted by Crippen LogP contribution is -2.41. The molecule has 1 aliphatic rings. The van der Waals surface area contributed by atoms with Crippen LogP contribution in [0.15, 0.2) is 0 Å². The molecule has 5 heteroatoms. The van der Waals surface area contributed by atoms with Gasteiger partial charge in [-0.1, -0.05) is 0 Å². The number of hydrogen-bond acceptors (Lipinski definition) is 4. The number of esters is 1. The van der Waals surface area contributed by atoms with Crippen molar-refractivity contribution in [3.05, 3.63) is 0 Å². The highest BCUT2D eigenvalue weighted by Gasteiger charge is 2.28. The molecule has 4 nitrogen and oxygen atoms in total. The Labute approximate surface area is 88.0 Å². The van der Waals surface area contributed by atoms with Crippen LogP contribution in [0.3, 0.4) is 0 Å². The molecule has 0 N–H and O–H groups in total. The summed E-state index contributed by atoms with van der Waals surface area (Å²) in [5.74, 6) is 0.707. The molecular weight excluding hydrogens is 202 g/mol. The number of rotatable bonds is 2. The van der Waals surface area contributed by atoms with E-state index in [2.05, 4.69) is 4.74 Å². The van der Waals surface area contributed by atoms with E-state index >= 15 is 0 Å². The van der Waals surface area contributed by atoms with Gasteiger partial charge in [-0.05, 0) is 19.1 Å². The van der Waals surface area contributed by atoms with Gasteiger partial charge in [-0.2, -0.15) is 11.8 Å². The third-order valence-corrected chi connectivity index (χ3v) is 3.37. The van der Waals surface area contributed by atoms with Crippen molar-refractivity contribution < 1.29 is 14.3 Å². The summed E-state index contributed by atoms with van der Waals surface area (Å²) in [6, 6.07) is 0.192. The van der Waals surface area contributed by atoms with Gasteiger partial charge >= 0.3 is 11.9 Å². The van der Waals surface area contributed by atoms with Crippen LogP contribution in [0, 0.1) is 0 Å². The van der Waals surface area contributed by atoms with Gasteiger partial charge < -0.3 is 9.64 Å². The van der Waals surface area contributed by atoms with Crippen molar-refractivity contribution in [3.63, 3.8) is 0 Å². The Morgan fingerprint density at radius 1 is 1.57 bits per heavy atom. The first kappa shape index (κ1) is 11.4. The number of thioether (sulfide) groups is 1. The molecule has 80 valence electrons. The zero-order valence-electron chi connectivity index (χ0n) is 8.49. The predicted octanol–water partition coefficient (Wildman–Crippen LogP) is 0.513. The lowest BCUT2D eigenvalue weighted by atomic mass is 10.2. The van der Waals surface area contributed by atoms with Gasteiger partial charge in [0.05, 0.1) is 6.61 Å². The number of carbonyl (C=O) groups is 2. The van der Waals surface area contributed by atoms with E-state index in [0.29, 0.717) is 0 Å². The van der Waals surface area contributed by atoms with Crippen molar-refractivity contribution in [1.82, 2.24) is 4.90 Å².